The van der Waals surface area contributed by atoms with Crippen molar-refractivity contribution in [1.29, 1.82) is 0 Å². The number of halogens is 1. The maximum atomic E-state index is 12.9. The van der Waals surface area contributed by atoms with Gasteiger partial charge in [-0.2, -0.15) is 0 Å². The molecule has 3 aliphatic rings. The van der Waals surface area contributed by atoms with Gasteiger partial charge in [-0.3, -0.25) is 28.8 Å². The summed E-state index contributed by atoms with van der Waals surface area (Å²) in [5, 5.41) is 22.3. The summed E-state index contributed by atoms with van der Waals surface area (Å²) in [5.74, 6) is 4.80. The molecule has 3 aliphatic carbocycles. The predicted molar refractivity (Wildman–Crippen MR) is 492 cm³/mol. The van der Waals surface area contributed by atoms with Crippen LogP contribution in [0.15, 0.2) is 237 Å². The highest BCUT2D eigenvalue weighted by Crippen LogP contribution is 2.39. The summed E-state index contributed by atoms with van der Waals surface area (Å²) >= 11 is 14.1. The fourth-order valence-corrected chi connectivity index (χ4v) is 12.6. The smallest absolute Gasteiger partial charge is 0.408 e. The van der Waals surface area contributed by atoms with Gasteiger partial charge in [-0.25, -0.2) is 24.5 Å². The number of anilines is 2. The fourth-order valence-electron chi connectivity index (χ4n) is 12.4. The van der Waals surface area contributed by atoms with E-state index >= 15 is 0 Å². The average molecular weight is 1780 g/mol. The number of hydrogen-bond acceptors (Lipinski definition) is 22. The molecule has 0 spiro atoms. The number of hydrogen-bond donors (Lipinski definition) is 8. The number of fused-ring (bicyclic) bond motifs is 3. The number of rotatable bonds is 26. The van der Waals surface area contributed by atoms with E-state index in [9.17, 15) is 38.4 Å². The van der Waals surface area contributed by atoms with Crippen LogP contribution in [0.3, 0.4) is 0 Å². The van der Waals surface area contributed by atoms with Gasteiger partial charge < -0.3 is 81.3 Å². The number of pyridine rings is 3. The van der Waals surface area contributed by atoms with Crippen molar-refractivity contribution in [2.45, 2.75) is 121 Å². The SMILES string of the molecule is CC(C)(C)OC(=O)NC1(COc2ccc(C(N)=O)cc2)CC1.CCC(=O)c1cccc2cc(Oc3ccnc(Cl)c3)ccc12.CNC(=O)c1cccc2cc(Oc3ccnc(NC(=O)c4ccc(OCC5(N)CC5)cc4)c3)ccc12.CNC(=O)c1cccc2cc(Oc3ccnc(NC(=O)c4ccc(OCC5(NC(=O)OC(C)(C)C)CC5)cc4)c3)ccc12.S=S=S. The topological polar surface area (TPSA) is 373 Å². The molecule has 0 atom stereocenters. The molecule has 9 aromatic carbocycles. The van der Waals surface area contributed by atoms with Crippen molar-refractivity contribution in [3.8, 4) is 51.7 Å². The molecule has 0 saturated heterocycles. The Hall–Kier alpha value is -13.5. The maximum absolute atomic E-state index is 12.9. The number of carbonyl (C=O) groups is 8. The minimum Gasteiger partial charge on any atom is -0.492 e. The molecule has 126 heavy (non-hydrogen) atoms. The summed E-state index contributed by atoms with van der Waals surface area (Å²) in [7, 11) is 4.12. The molecule has 27 nitrogen and oxygen atoms in total. The lowest BCUT2D eigenvalue weighted by atomic mass is 10.00. The molecule has 10 N–H and O–H groups in total. The Morgan fingerprint density at radius 1 is 0.421 bits per heavy atom. The first kappa shape index (κ1) is 93.2. The van der Waals surface area contributed by atoms with Gasteiger partial charge in [0.2, 0.25) is 5.91 Å². The maximum Gasteiger partial charge on any atom is 0.408 e. The number of nitrogens with one attached hydrogen (secondary N) is 6. The third kappa shape index (κ3) is 27.7. The molecule has 0 bridgehead atoms. The van der Waals surface area contributed by atoms with E-state index in [0.29, 0.717) is 123 Å². The third-order valence-corrected chi connectivity index (χ3v) is 19.7. The predicted octanol–water partition coefficient (Wildman–Crippen LogP) is 18.1. The first-order chi connectivity index (χ1) is 60.2. The monoisotopic (exact) mass is 1780 g/mol. The molecule has 31 heteroatoms. The average Bonchev–Trinajstić information content (AvgIpc) is 1.55. The van der Waals surface area contributed by atoms with Crippen LogP contribution in [-0.2, 0) is 40.7 Å². The van der Waals surface area contributed by atoms with Crippen molar-refractivity contribution >= 4 is 134 Å². The van der Waals surface area contributed by atoms with Crippen LogP contribution >= 0.6 is 11.6 Å². The van der Waals surface area contributed by atoms with Gasteiger partial charge in [0, 0.05) is 122 Å². The highest BCUT2D eigenvalue weighted by Gasteiger charge is 2.47. The van der Waals surface area contributed by atoms with Crippen molar-refractivity contribution in [2.75, 3.05) is 44.5 Å². The second kappa shape index (κ2) is 42.2. The number of benzene rings is 9. The van der Waals surface area contributed by atoms with Crippen molar-refractivity contribution in [3.05, 3.63) is 276 Å². The molecule has 0 radical (unpaired) electrons. The molecule has 3 fully saturated rings. The van der Waals surface area contributed by atoms with E-state index in [1.165, 1.54) is 0 Å². The van der Waals surface area contributed by atoms with Gasteiger partial charge in [0.25, 0.3) is 23.6 Å². The summed E-state index contributed by atoms with van der Waals surface area (Å²) in [6.45, 7) is 13.9. The molecule has 0 unspecified atom stereocenters. The van der Waals surface area contributed by atoms with Crippen LogP contribution in [0.4, 0.5) is 21.2 Å². The molecule has 3 aromatic heterocycles. The number of nitrogens with zero attached hydrogens (tertiary/aromatic N) is 3. The molecule has 652 valence electrons. The van der Waals surface area contributed by atoms with Crippen LogP contribution in [-0.4, -0.2) is 124 Å². The van der Waals surface area contributed by atoms with Gasteiger partial charge in [0.15, 0.2) is 5.78 Å². The molecule has 3 saturated carbocycles. The number of nitrogens with two attached hydrogens (primary N) is 2. The zero-order valence-electron chi connectivity index (χ0n) is 70.7. The molecule has 3 heterocycles. The minimum atomic E-state index is -0.570. The Balaban J connectivity index is 0.000000168. The molecule has 7 amide bonds. The Kier molecular flexibility index (Phi) is 31.2. The minimum absolute atomic E-state index is 0.139. The van der Waals surface area contributed by atoms with Crippen LogP contribution in [0.2, 0.25) is 5.15 Å². The van der Waals surface area contributed by atoms with Gasteiger partial charge in [-0.1, -0.05) is 61.0 Å². The van der Waals surface area contributed by atoms with E-state index in [1.807, 2.05) is 133 Å². The number of ketones is 1. The van der Waals surface area contributed by atoms with Crippen molar-refractivity contribution < 1.29 is 76.3 Å². The Morgan fingerprint density at radius 3 is 1.10 bits per heavy atom. The molecule has 15 rings (SSSR count). The van der Waals surface area contributed by atoms with Crippen molar-refractivity contribution in [1.82, 2.24) is 36.2 Å². The van der Waals surface area contributed by atoms with Gasteiger partial charge >= 0.3 is 12.2 Å². The molecular weight excluding hydrogens is 1680 g/mol. The zero-order chi connectivity index (χ0) is 90.4. The second-order valence-corrected chi connectivity index (χ2v) is 34.0. The van der Waals surface area contributed by atoms with Crippen LogP contribution in [0.5, 0.6) is 51.7 Å². The largest absolute Gasteiger partial charge is 0.492 e. The highest BCUT2D eigenvalue weighted by atomic mass is 35.5. The van der Waals surface area contributed by atoms with E-state index < -0.39 is 34.8 Å². The van der Waals surface area contributed by atoms with E-state index in [1.54, 1.807) is 166 Å². The number of alkyl carbamates (subject to hydrolysis) is 2. The Labute approximate surface area is 746 Å². The van der Waals surface area contributed by atoms with E-state index in [0.717, 1.165) is 85.3 Å². The van der Waals surface area contributed by atoms with Crippen LogP contribution in [0.25, 0.3) is 32.3 Å². The lowest BCUT2D eigenvalue weighted by Crippen LogP contribution is -2.44. The molecule has 12 aromatic rings. The van der Waals surface area contributed by atoms with Gasteiger partial charge in [-0.05, 0) is 270 Å². The summed E-state index contributed by atoms with van der Waals surface area (Å²) in [6.07, 6.45) is 9.57. The zero-order valence-corrected chi connectivity index (χ0v) is 73.9. The van der Waals surface area contributed by atoms with Crippen LogP contribution in [0.1, 0.15) is 156 Å². The third-order valence-electron chi connectivity index (χ3n) is 19.5. The standard InChI is InChI=1S/C33H34N4O6.C28H26N4O4.C18H14ClNO2.C16H22N2O4.S3/c1-32(2,3)43-31(40)37-33(15-16-33)20-41-23-10-8-21(9-11-23)29(38)36-28-19-25(14-17-35-28)42-24-12-13-26-22(18-24)6-5-7-27(26)30(39)34-4;1-30-27(34)24-4-2-3-19-15-21(9-10-23(19)24)36-22-11-14-31-25(16-22)32-26(33)18-5-7-20(8-6-18)35-17-28(29)12-13-28;1-2-17(21)16-5-3-4-12-10-13(6-7-15(12)16)22-14-8-9-20-18(19)11-14;1-15(2,3)22-14(20)18-16(8-9-16)10-21-12-6-4-11(5-7-12)13(17)19;1-3-2/h5-14,17-19H,15-16,20H2,1-4H3,(H,34,39)(H,37,40)(H,35,36,38);2-11,14-16H,12-13,17,29H2,1H3,(H,30,34)(H,31,32,33);3-11H,2H2,1H3;4-7H,8-10H2,1-3H3,(H2,17,19)(H,18,20);. The van der Waals surface area contributed by atoms with Gasteiger partial charge in [0.05, 0.1) is 16.6 Å². The quantitative estimate of drug-likeness (QED) is 0.0184. The summed E-state index contributed by atoms with van der Waals surface area (Å²) in [6, 6.07) is 63.7. The number of primary amides is 1. The van der Waals surface area contributed by atoms with E-state index in [2.05, 4.69) is 69.2 Å². The Morgan fingerprint density at radius 2 is 0.754 bits per heavy atom. The molecular formula is C95H96ClN11O16S3. The number of Topliss-reactive ketones (excluding diaryl/α,β-unsaturated/α-hetero) is 1. The van der Waals surface area contributed by atoms with Gasteiger partial charge in [-0.15, -0.1) is 0 Å². The number of aromatic nitrogens is 3. The normalized spacial score (nSPS) is 13.2. The first-order valence-electron chi connectivity index (χ1n) is 40.2. The number of carbonyl (C=O) groups excluding carboxylic acids is 8. The lowest BCUT2D eigenvalue weighted by Gasteiger charge is -2.23. The highest BCUT2D eigenvalue weighted by molar-refractivity contribution is 8.37. The lowest BCUT2D eigenvalue weighted by molar-refractivity contribution is 0.0465. The van der Waals surface area contributed by atoms with Crippen LogP contribution < -0.4 is 71.8 Å². The van der Waals surface area contributed by atoms with Gasteiger partial charge in [0.1, 0.15) is 99.6 Å². The van der Waals surface area contributed by atoms with E-state index in [4.69, 9.17) is 61.0 Å². The number of amides is 7. The van der Waals surface area contributed by atoms with Crippen molar-refractivity contribution in [2.24, 2.45) is 11.5 Å². The van der Waals surface area contributed by atoms with E-state index in [-0.39, 0.29) is 40.5 Å². The summed E-state index contributed by atoms with van der Waals surface area (Å²) in [4.78, 5) is 109. The Bertz CT molecular complexity index is 6000. The number of ether oxygens (including phenoxy) is 8. The van der Waals surface area contributed by atoms with Crippen LogP contribution in [0, 0.1) is 0 Å². The van der Waals surface area contributed by atoms with Crippen molar-refractivity contribution in [3.63, 3.8) is 0 Å². The fraction of sp³-hybridized carbons (Fsp3) is 0.253. The second-order valence-electron chi connectivity index (χ2n) is 31.8. The first-order valence-corrected chi connectivity index (χ1v) is 43.2. The summed E-state index contributed by atoms with van der Waals surface area (Å²) < 4.78 is 45.7. The summed E-state index contributed by atoms with van der Waals surface area (Å²) in [5.41, 5.74) is 12.4. The molecule has 0 aliphatic heterocycles.